The minimum Gasteiger partial charge on any atom is -0.382 e. The molecule has 3 rings (SSSR count). The maximum atomic E-state index is 12.3. The van der Waals surface area contributed by atoms with Crippen LogP contribution in [-0.2, 0) is 0 Å². The monoisotopic (exact) mass is 270 g/mol. The topological polar surface area (TPSA) is 75.0 Å². The number of nitrogen functional groups attached to an aromatic ring is 1. The van der Waals surface area contributed by atoms with Crippen molar-refractivity contribution >= 4 is 11.7 Å². The number of aromatic nitrogens is 2. The fraction of sp³-hybridized carbons (Fsp3) is 0.333. The molecule has 0 atom stereocenters. The summed E-state index contributed by atoms with van der Waals surface area (Å²) in [5, 5.41) is 6.77. The second kappa shape index (κ2) is 5.36. The first-order valence-electron chi connectivity index (χ1n) is 6.94. The molecule has 1 fully saturated rings. The first kappa shape index (κ1) is 12.7. The van der Waals surface area contributed by atoms with Crippen LogP contribution < -0.4 is 5.73 Å². The number of carbonyl (C=O) groups excluding carboxylic acids is 1. The van der Waals surface area contributed by atoms with Crippen LogP contribution in [0.5, 0.6) is 0 Å². The molecule has 20 heavy (non-hydrogen) atoms. The van der Waals surface area contributed by atoms with Gasteiger partial charge in [0, 0.05) is 24.7 Å². The number of hydrogen-bond donors (Lipinski definition) is 2. The molecular weight excluding hydrogens is 252 g/mol. The molecule has 1 aromatic heterocycles. The number of rotatable bonds is 2. The molecule has 3 N–H and O–H groups in total. The Morgan fingerprint density at radius 1 is 1.15 bits per heavy atom. The smallest absolute Gasteiger partial charge is 0.253 e. The average Bonchev–Trinajstić information content (AvgIpc) is 2.94. The van der Waals surface area contributed by atoms with Gasteiger partial charge in [-0.15, -0.1) is 0 Å². The Bertz CT molecular complexity index is 597. The van der Waals surface area contributed by atoms with E-state index in [1.807, 2.05) is 29.2 Å². The van der Waals surface area contributed by atoms with Crippen LogP contribution in [0.1, 0.15) is 29.6 Å². The molecule has 1 aliphatic heterocycles. The SMILES string of the molecule is Nc1cc(-c2ccc(C(=O)N3CCCCC3)cc2)[nH]n1. The molecule has 1 aromatic carbocycles. The zero-order valence-corrected chi connectivity index (χ0v) is 11.3. The van der Waals surface area contributed by atoms with Crippen LogP contribution >= 0.6 is 0 Å². The van der Waals surface area contributed by atoms with Crippen molar-refractivity contribution in [3.05, 3.63) is 35.9 Å². The number of benzene rings is 1. The standard InChI is InChI=1S/C15H18N4O/c16-14-10-13(17-18-14)11-4-6-12(7-5-11)15(20)19-8-2-1-3-9-19/h4-7,10H,1-3,8-9H2,(H3,16,17,18). The molecule has 0 spiro atoms. The third-order valence-corrected chi connectivity index (χ3v) is 3.68. The van der Waals surface area contributed by atoms with E-state index in [0.717, 1.165) is 42.8 Å². The van der Waals surface area contributed by atoms with Gasteiger partial charge in [0.2, 0.25) is 0 Å². The Balaban J connectivity index is 1.77. The van der Waals surface area contributed by atoms with E-state index >= 15 is 0 Å². The molecule has 0 radical (unpaired) electrons. The zero-order chi connectivity index (χ0) is 13.9. The lowest BCUT2D eigenvalue weighted by Gasteiger charge is -2.26. The molecule has 0 saturated carbocycles. The third kappa shape index (κ3) is 2.52. The van der Waals surface area contributed by atoms with Crippen molar-refractivity contribution in [2.45, 2.75) is 19.3 Å². The second-order valence-electron chi connectivity index (χ2n) is 5.14. The minimum atomic E-state index is 0.125. The zero-order valence-electron chi connectivity index (χ0n) is 11.3. The lowest BCUT2D eigenvalue weighted by Crippen LogP contribution is -2.35. The summed E-state index contributed by atoms with van der Waals surface area (Å²) in [6.45, 7) is 1.75. The number of nitrogens with two attached hydrogens (primary N) is 1. The summed E-state index contributed by atoms with van der Waals surface area (Å²) in [5.74, 6) is 0.592. The van der Waals surface area contributed by atoms with Crippen LogP contribution in [0.3, 0.4) is 0 Å². The van der Waals surface area contributed by atoms with Crippen molar-refractivity contribution in [3.8, 4) is 11.3 Å². The first-order chi connectivity index (χ1) is 9.74. The van der Waals surface area contributed by atoms with Crippen LogP contribution in [-0.4, -0.2) is 34.1 Å². The van der Waals surface area contributed by atoms with Crippen LogP contribution in [0.4, 0.5) is 5.82 Å². The van der Waals surface area contributed by atoms with Gasteiger partial charge >= 0.3 is 0 Å². The van der Waals surface area contributed by atoms with Crippen LogP contribution in [0.25, 0.3) is 11.3 Å². The van der Waals surface area contributed by atoms with Crippen molar-refractivity contribution in [2.24, 2.45) is 0 Å². The van der Waals surface area contributed by atoms with Gasteiger partial charge in [-0.05, 0) is 37.0 Å². The van der Waals surface area contributed by atoms with E-state index in [2.05, 4.69) is 10.2 Å². The highest BCUT2D eigenvalue weighted by molar-refractivity contribution is 5.94. The Labute approximate surface area is 117 Å². The predicted octanol–water partition coefficient (Wildman–Crippen LogP) is 2.29. The van der Waals surface area contributed by atoms with Crippen molar-refractivity contribution in [1.29, 1.82) is 0 Å². The Hall–Kier alpha value is -2.30. The fourth-order valence-electron chi connectivity index (χ4n) is 2.56. The quantitative estimate of drug-likeness (QED) is 0.879. The maximum absolute atomic E-state index is 12.3. The molecule has 1 amide bonds. The van der Waals surface area contributed by atoms with Gasteiger partial charge in [-0.3, -0.25) is 9.89 Å². The van der Waals surface area contributed by atoms with Gasteiger partial charge in [0.25, 0.3) is 5.91 Å². The van der Waals surface area contributed by atoms with Crippen molar-refractivity contribution in [3.63, 3.8) is 0 Å². The number of likely N-dealkylation sites (tertiary alicyclic amines) is 1. The van der Waals surface area contributed by atoms with Gasteiger partial charge in [-0.1, -0.05) is 12.1 Å². The Morgan fingerprint density at radius 2 is 1.85 bits per heavy atom. The first-order valence-corrected chi connectivity index (χ1v) is 6.94. The predicted molar refractivity (Wildman–Crippen MR) is 78.2 cm³/mol. The maximum Gasteiger partial charge on any atom is 0.253 e. The number of hydrogen-bond acceptors (Lipinski definition) is 3. The molecule has 5 heteroatoms. The minimum absolute atomic E-state index is 0.125. The molecule has 0 bridgehead atoms. The molecule has 104 valence electrons. The fourth-order valence-corrected chi connectivity index (χ4v) is 2.56. The van der Waals surface area contributed by atoms with E-state index in [-0.39, 0.29) is 5.91 Å². The highest BCUT2D eigenvalue weighted by Crippen LogP contribution is 2.20. The molecule has 2 aromatic rings. The number of anilines is 1. The Kier molecular flexibility index (Phi) is 3.41. The summed E-state index contributed by atoms with van der Waals surface area (Å²) in [5.41, 5.74) is 8.16. The lowest BCUT2D eigenvalue weighted by atomic mass is 10.1. The summed E-state index contributed by atoms with van der Waals surface area (Å²) >= 11 is 0. The van der Waals surface area contributed by atoms with E-state index in [9.17, 15) is 4.79 Å². The lowest BCUT2D eigenvalue weighted by molar-refractivity contribution is 0.0724. The molecule has 2 heterocycles. The van der Waals surface area contributed by atoms with Gasteiger partial charge in [-0.2, -0.15) is 5.10 Å². The Morgan fingerprint density at radius 3 is 2.45 bits per heavy atom. The number of aromatic amines is 1. The van der Waals surface area contributed by atoms with Gasteiger partial charge < -0.3 is 10.6 Å². The molecule has 5 nitrogen and oxygen atoms in total. The van der Waals surface area contributed by atoms with Gasteiger partial charge in [-0.25, -0.2) is 0 Å². The normalized spacial score (nSPS) is 15.3. The molecule has 0 unspecified atom stereocenters. The van der Waals surface area contributed by atoms with E-state index in [0.29, 0.717) is 5.82 Å². The van der Waals surface area contributed by atoms with Crippen LogP contribution in [0.2, 0.25) is 0 Å². The number of nitrogens with zero attached hydrogens (tertiary/aromatic N) is 2. The van der Waals surface area contributed by atoms with Gasteiger partial charge in [0.15, 0.2) is 0 Å². The summed E-state index contributed by atoms with van der Waals surface area (Å²) < 4.78 is 0. The summed E-state index contributed by atoms with van der Waals surface area (Å²) in [4.78, 5) is 14.3. The third-order valence-electron chi connectivity index (χ3n) is 3.68. The largest absolute Gasteiger partial charge is 0.382 e. The number of H-pyrrole nitrogens is 1. The van der Waals surface area contributed by atoms with E-state index in [1.165, 1.54) is 6.42 Å². The van der Waals surface area contributed by atoms with Gasteiger partial charge in [0.05, 0.1) is 5.69 Å². The summed E-state index contributed by atoms with van der Waals surface area (Å²) in [6.07, 6.45) is 3.44. The van der Waals surface area contributed by atoms with E-state index < -0.39 is 0 Å². The van der Waals surface area contributed by atoms with E-state index in [1.54, 1.807) is 6.07 Å². The highest BCUT2D eigenvalue weighted by Gasteiger charge is 2.17. The summed E-state index contributed by atoms with van der Waals surface area (Å²) in [7, 11) is 0. The number of amides is 1. The second-order valence-corrected chi connectivity index (χ2v) is 5.14. The average molecular weight is 270 g/mol. The van der Waals surface area contributed by atoms with Crippen LogP contribution in [0.15, 0.2) is 30.3 Å². The molecular formula is C15H18N4O. The van der Waals surface area contributed by atoms with E-state index in [4.69, 9.17) is 5.73 Å². The molecule has 0 aliphatic carbocycles. The molecule has 1 saturated heterocycles. The van der Waals surface area contributed by atoms with Crippen LogP contribution in [0, 0.1) is 0 Å². The van der Waals surface area contributed by atoms with Gasteiger partial charge in [0.1, 0.15) is 5.82 Å². The van der Waals surface area contributed by atoms with Crippen molar-refractivity contribution < 1.29 is 4.79 Å². The number of carbonyl (C=O) groups is 1. The van der Waals surface area contributed by atoms with Crippen molar-refractivity contribution in [1.82, 2.24) is 15.1 Å². The number of piperidine rings is 1. The van der Waals surface area contributed by atoms with Crippen molar-refractivity contribution in [2.75, 3.05) is 18.8 Å². The highest BCUT2D eigenvalue weighted by atomic mass is 16.2. The molecule has 1 aliphatic rings. The summed E-state index contributed by atoms with van der Waals surface area (Å²) in [6, 6.07) is 9.35. The number of nitrogens with one attached hydrogen (secondary N) is 1.